The van der Waals surface area contributed by atoms with E-state index in [2.05, 4.69) is 16.0 Å². The highest BCUT2D eigenvalue weighted by atomic mass is 16.5. The number of ether oxygens (including phenoxy) is 1. The molecule has 0 heterocycles. The molecule has 0 fully saturated rings. The van der Waals surface area contributed by atoms with E-state index >= 15 is 0 Å². The Hall–Kier alpha value is -3.02. The number of amides is 3. The normalized spacial score (nSPS) is 11.3. The molecule has 2 rings (SSSR count). The second-order valence-corrected chi connectivity index (χ2v) is 5.33. The molecular weight excluding hydrogens is 306 g/mol. The molecule has 3 amide bonds. The molecule has 0 bridgehead atoms. The molecule has 0 radical (unpaired) electrons. The van der Waals surface area contributed by atoms with Gasteiger partial charge < -0.3 is 20.7 Å². The first-order chi connectivity index (χ1) is 11.5. The Balaban J connectivity index is 2.04. The topological polar surface area (TPSA) is 79.5 Å². The third-order valence-electron chi connectivity index (χ3n) is 3.42. The van der Waals surface area contributed by atoms with Crippen LogP contribution in [0.3, 0.4) is 0 Å². The Morgan fingerprint density at radius 3 is 2.38 bits per heavy atom. The van der Waals surface area contributed by atoms with Gasteiger partial charge in [-0.1, -0.05) is 30.3 Å². The number of urea groups is 1. The first-order valence-corrected chi connectivity index (χ1v) is 7.57. The Labute approximate surface area is 141 Å². The molecule has 0 unspecified atom stereocenters. The molecule has 6 nitrogen and oxygen atoms in total. The van der Waals surface area contributed by atoms with Crippen molar-refractivity contribution in [1.82, 2.24) is 5.32 Å². The van der Waals surface area contributed by atoms with Crippen molar-refractivity contribution >= 4 is 23.3 Å². The van der Waals surface area contributed by atoms with Crippen LogP contribution in [0.2, 0.25) is 0 Å². The van der Waals surface area contributed by atoms with Crippen molar-refractivity contribution in [3.8, 4) is 5.75 Å². The summed E-state index contributed by atoms with van der Waals surface area (Å²) in [5.74, 6) is 0.307. The molecule has 0 aliphatic carbocycles. The summed E-state index contributed by atoms with van der Waals surface area (Å²) in [6, 6.07) is 14.3. The predicted molar refractivity (Wildman–Crippen MR) is 94.3 cm³/mol. The smallest absolute Gasteiger partial charge is 0.319 e. The summed E-state index contributed by atoms with van der Waals surface area (Å²) in [4.78, 5) is 23.4. The minimum atomic E-state index is -0.328. The first-order valence-electron chi connectivity index (χ1n) is 7.57. The lowest BCUT2D eigenvalue weighted by Gasteiger charge is -2.16. The van der Waals surface area contributed by atoms with Gasteiger partial charge in [-0.05, 0) is 30.7 Å². The Bertz CT molecular complexity index is 717. The zero-order valence-corrected chi connectivity index (χ0v) is 13.9. The number of hydrogen-bond acceptors (Lipinski definition) is 3. The van der Waals surface area contributed by atoms with Crippen LogP contribution in [0, 0.1) is 0 Å². The molecule has 2 aromatic rings. The van der Waals surface area contributed by atoms with Crippen LogP contribution in [0.25, 0.3) is 0 Å². The van der Waals surface area contributed by atoms with Gasteiger partial charge in [0.05, 0.1) is 18.8 Å². The molecule has 0 saturated heterocycles. The SMILES string of the molecule is COc1ccc(NC(=O)N[C@H](C)c2ccccc2)cc1NC(C)=O. The lowest BCUT2D eigenvalue weighted by atomic mass is 10.1. The minimum absolute atomic E-state index is 0.126. The van der Waals surface area contributed by atoms with Crippen LogP contribution in [0.5, 0.6) is 5.75 Å². The molecule has 0 aromatic heterocycles. The highest BCUT2D eigenvalue weighted by Gasteiger charge is 2.11. The largest absolute Gasteiger partial charge is 0.495 e. The molecule has 0 spiro atoms. The van der Waals surface area contributed by atoms with Crippen LogP contribution in [0.15, 0.2) is 48.5 Å². The Morgan fingerprint density at radius 2 is 1.75 bits per heavy atom. The standard InChI is InChI=1S/C18H21N3O3/c1-12(14-7-5-4-6-8-14)19-18(23)21-15-9-10-17(24-3)16(11-15)20-13(2)22/h4-12H,1-3H3,(H,20,22)(H2,19,21,23)/t12-/m1/s1. The fraction of sp³-hybridized carbons (Fsp3) is 0.222. The molecule has 0 saturated carbocycles. The number of benzene rings is 2. The van der Waals surface area contributed by atoms with Gasteiger partial charge in [-0.3, -0.25) is 4.79 Å². The molecule has 2 aromatic carbocycles. The zero-order valence-electron chi connectivity index (χ0n) is 13.9. The average Bonchev–Trinajstić information content (AvgIpc) is 2.55. The third kappa shape index (κ3) is 4.74. The van der Waals surface area contributed by atoms with E-state index in [1.165, 1.54) is 14.0 Å². The van der Waals surface area contributed by atoms with Crippen molar-refractivity contribution < 1.29 is 14.3 Å². The van der Waals surface area contributed by atoms with Gasteiger partial charge in [0, 0.05) is 12.6 Å². The molecule has 126 valence electrons. The maximum Gasteiger partial charge on any atom is 0.319 e. The maximum absolute atomic E-state index is 12.1. The fourth-order valence-electron chi connectivity index (χ4n) is 2.26. The molecule has 3 N–H and O–H groups in total. The maximum atomic E-state index is 12.1. The van der Waals surface area contributed by atoms with Gasteiger partial charge in [-0.2, -0.15) is 0 Å². The number of carbonyl (C=O) groups excluding carboxylic acids is 2. The number of rotatable bonds is 5. The predicted octanol–water partition coefficient (Wildman–Crippen LogP) is 3.54. The van der Waals surface area contributed by atoms with E-state index in [-0.39, 0.29) is 18.0 Å². The van der Waals surface area contributed by atoms with Crippen LogP contribution in [-0.4, -0.2) is 19.0 Å². The number of anilines is 2. The molecule has 0 aliphatic heterocycles. The number of hydrogen-bond donors (Lipinski definition) is 3. The number of methoxy groups -OCH3 is 1. The highest BCUT2D eigenvalue weighted by Crippen LogP contribution is 2.27. The molecule has 24 heavy (non-hydrogen) atoms. The quantitative estimate of drug-likeness (QED) is 0.786. The van der Waals surface area contributed by atoms with E-state index in [0.717, 1.165) is 5.56 Å². The lowest BCUT2D eigenvalue weighted by molar-refractivity contribution is -0.114. The fourth-order valence-corrected chi connectivity index (χ4v) is 2.26. The third-order valence-corrected chi connectivity index (χ3v) is 3.42. The highest BCUT2D eigenvalue weighted by molar-refractivity contribution is 5.94. The summed E-state index contributed by atoms with van der Waals surface area (Å²) in [6.07, 6.45) is 0. The van der Waals surface area contributed by atoms with Crippen LogP contribution >= 0.6 is 0 Å². The molecule has 6 heteroatoms. The van der Waals surface area contributed by atoms with E-state index in [0.29, 0.717) is 17.1 Å². The van der Waals surface area contributed by atoms with Crippen LogP contribution in [0.4, 0.5) is 16.2 Å². The van der Waals surface area contributed by atoms with Crippen LogP contribution in [0.1, 0.15) is 25.5 Å². The number of carbonyl (C=O) groups is 2. The van der Waals surface area contributed by atoms with Gasteiger partial charge in [-0.25, -0.2) is 4.79 Å². The van der Waals surface area contributed by atoms with Crippen molar-refractivity contribution in [2.75, 3.05) is 17.7 Å². The second-order valence-electron chi connectivity index (χ2n) is 5.33. The van der Waals surface area contributed by atoms with E-state index in [1.54, 1.807) is 18.2 Å². The Morgan fingerprint density at radius 1 is 1.04 bits per heavy atom. The molecular formula is C18H21N3O3. The second kappa shape index (κ2) is 8.01. The molecule has 1 atom stereocenters. The van der Waals surface area contributed by atoms with E-state index < -0.39 is 0 Å². The summed E-state index contributed by atoms with van der Waals surface area (Å²) in [5, 5.41) is 8.28. The van der Waals surface area contributed by atoms with E-state index in [4.69, 9.17) is 4.74 Å². The van der Waals surface area contributed by atoms with Crippen molar-refractivity contribution in [2.45, 2.75) is 19.9 Å². The monoisotopic (exact) mass is 327 g/mol. The summed E-state index contributed by atoms with van der Waals surface area (Å²) >= 11 is 0. The average molecular weight is 327 g/mol. The summed E-state index contributed by atoms with van der Waals surface area (Å²) in [6.45, 7) is 3.32. The number of nitrogens with one attached hydrogen (secondary N) is 3. The molecule has 0 aliphatic rings. The van der Waals surface area contributed by atoms with Gasteiger partial charge in [0.1, 0.15) is 5.75 Å². The van der Waals surface area contributed by atoms with Crippen LogP contribution in [-0.2, 0) is 4.79 Å². The van der Waals surface area contributed by atoms with Crippen molar-refractivity contribution in [2.24, 2.45) is 0 Å². The first kappa shape index (κ1) is 17.3. The Kier molecular flexibility index (Phi) is 5.78. The van der Waals surface area contributed by atoms with E-state index in [9.17, 15) is 9.59 Å². The zero-order chi connectivity index (χ0) is 17.5. The van der Waals surface area contributed by atoms with Gasteiger partial charge in [-0.15, -0.1) is 0 Å². The van der Waals surface area contributed by atoms with Crippen molar-refractivity contribution in [1.29, 1.82) is 0 Å². The van der Waals surface area contributed by atoms with Gasteiger partial charge >= 0.3 is 6.03 Å². The van der Waals surface area contributed by atoms with Crippen LogP contribution < -0.4 is 20.7 Å². The van der Waals surface area contributed by atoms with Crippen molar-refractivity contribution in [3.05, 3.63) is 54.1 Å². The summed E-state index contributed by atoms with van der Waals surface area (Å²) in [5.41, 5.74) is 2.07. The lowest BCUT2D eigenvalue weighted by Crippen LogP contribution is -2.31. The van der Waals surface area contributed by atoms with Crippen molar-refractivity contribution in [3.63, 3.8) is 0 Å². The summed E-state index contributed by atoms with van der Waals surface area (Å²) < 4.78 is 5.19. The van der Waals surface area contributed by atoms with E-state index in [1.807, 2.05) is 37.3 Å². The summed E-state index contributed by atoms with van der Waals surface area (Å²) in [7, 11) is 1.52. The van der Waals surface area contributed by atoms with Gasteiger partial charge in [0.25, 0.3) is 0 Å². The van der Waals surface area contributed by atoms with Gasteiger partial charge in [0.2, 0.25) is 5.91 Å². The minimum Gasteiger partial charge on any atom is -0.495 e. The van der Waals surface area contributed by atoms with Gasteiger partial charge in [0.15, 0.2) is 0 Å².